The molecule has 0 fully saturated rings. The van der Waals surface area contributed by atoms with Crippen molar-refractivity contribution in [3.63, 3.8) is 0 Å². The summed E-state index contributed by atoms with van der Waals surface area (Å²) in [5, 5.41) is 0. The normalized spacial score (nSPS) is 11.4. The molecule has 0 atom stereocenters. The SMILES string of the molecule is Cc1ccc(CN(I)I)cc1.Cn1ccn(C(C)(C)C)[c]1=[Pt]. The summed E-state index contributed by atoms with van der Waals surface area (Å²) in [4.78, 5) is 0. The van der Waals surface area contributed by atoms with Crippen LogP contribution in [0.5, 0.6) is 0 Å². The number of aryl methyl sites for hydroxylation is 2. The van der Waals surface area contributed by atoms with Crippen LogP contribution in [-0.2, 0) is 38.5 Å². The average Bonchev–Trinajstić information content (AvgIpc) is 2.73. The molecule has 126 valence electrons. The minimum absolute atomic E-state index is 0.193. The van der Waals surface area contributed by atoms with Crippen molar-refractivity contribution in [3.05, 3.63) is 51.6 Å². The molecule has 1 heterocycles. The van der Waals surface area contributed by atoms with E-state index in [0.717, 1.165) is 6.54 Å². The van der Waals surface area contributed by atoms with Crippen LogP contribution < -0.4 is 0 Å². The van der Waals surface area contributed by atoms with Crippen LogP contribution in [0.25, 0.3) is 0 Å². The molecule has 1 aromatic heterocycles. The van der Waals surface area contributed by atoms with Crippen LogP contribution in [0, 0.1) is 10.7 Å². The monoisotopic (exact) mass is 706 g/mol. The van der Waals surface area contributed by atoms with Gasteiger partial charge in [-0.15, -0.1) is 0 Å². The molecular formula is C16H23I2N3Pt. The maximum absolute atomic E-state index is 2.33. The first-order valence-corrected chi connectivity index (χ1v) is 10.0. The van der Waals surface area contributed by atoms with E-state index in [1.54, 1.807) is 0 Å². The Morgan fingerprint density at radius 2 is 1.64 bits per heavy atom. The van der Waals surface area contributed by atoms with Crippen LogP contribution in [0.3, 0.4) is 0 Å². The Morgan fingerprint density at radius 3 is 1.95 bits per heavy atom. The van der Waals surface area contributed by atoms with Crippen molar-refractivity contribution in [2.75, 3.05) is 0 Å². The van der Waals surface area contributed by atoms with Gasteiger partial charge in [0, 0.05) is 52.3 Å². The molecule has 0 radical (unpaired) electrons. The van der Waals surface area contributed by atoms with Gasteiger partial charge in [0.25, 0.3) is 0 Å². The number of hydrogen-bond donors (Lipinski definition) is 0. The Bertz CT molecular complexity index is 637. The Balaban J connectivity index is 0.000000220. The number of imidazole rings is 1. The van der Waals surface area contributed by atoms with Crippen LogP contribution in [0.15, 0.2) is 36.7 Å². The Hall–Kier alpha value is 0.538. The third-order valence-electron chi connectivity index (χ3n) is 3.04. The molecule has 6 heteroatoms. The van der Waals surface area contributed by atoms with Crippen LogP contribution in [0.1, 0.15) is 31.9 Å². The van der Waals surface area contributed by atoms with Crippen molar-refractivity contribution in [1.29, 1.82) is 0 Å². The molecule has 22 heavy (non-hydrogen) atoms. The van der Waals surface area contributed by atoms with Crippen molar-refractivity contribution in [1.82, 2.24) is 10.5 Å². The van der Waals surface area contributed by atoms with Gasteiger partial charge in [-0.25, -0.2) is 0 Å². The number of benzene rings is 1. The van der Waals surface area contributed by atoms with E-state index < -0.39 is 0 Å². The molecule has 0 bridgehead atoms. The second kappa shape index (κ2) is 9.13. The maximum atomic E-state index is 2.33. The van der Waals surface area contributed by atoms with Crippen molar-refractivity contribution in [2.24, 2.45) is 7.05 Å². The fraction of sp³-hybridized carbons (Fsp3) is 0.438. The molecule has 0 saturated carbocycles. The molecule has 0 amide bonds. The van der Waals surface area contributed by atoms with Gasteiger partial charge < -0.3 is 0 Å². The van der Waals surface area contributed by atoms with Gasteiger partial charge in [0.1, 0.15) is 0 Å². The second-order valence-corrected chi connectivity index (χ2v) is 11.3. The molecule has 2 rings (SSSR count). The standard InChI is InChI=1S/C8H9I2N.C8H14N2.Pt/c1-7-2-4-8(5-3-7)6-11(9)10;1-8(2,3)10-6-5-9(4)7-10;/h2-5H,6H2,1H3;5-6H,1-4H3;. The Morgan fingerprint density at radius 1 is 1.09 bits per heavy atom. The number of hydrogen-bond acceptors (Lipinski definition) is 1. The van der Waals surface area contributed by atoms with E-state index >= 15 is 0 Å². The van der Waals surface area contributed by atoms with Gasteiger partial charge in [-0.05, 0) is 12.5 Å². The third kappa shape index (κ3) is 6.97. The molecule has 1 aromatic carbocycles. The predicted octanol–water partition coefficient (Wildman–Crippen LogP) is 5.16. The van der Waals surface area contributed by atoms with Crippen LogP contribution >= 0.6 is 45.7 Å². The zero-order valence-corrected chi connectivity index (χ0v) is 20.2. The molecule has 0 spiro atoms. The summed E-state index contributed by atoms with van der Waals surface area (Å²) < 4.78 is 7.75. The van der Waals surface area contributed by atoms with Gasteiger partial charge in [-0.3, -0.25) is 0 Å². The summed E-state index contributed by atoms with van der Waals surface area (Å²) in [5.74, 6) is 0. The summed E-state index contributed by atoms with van der Waals surface area (Å²) >= 11 is 6.88. The van der Waals surface area contributed by atoms with Gasteiger partial charge in [0.2, 0.25) is 0 Å². The predicted molar refractivity (Wildman–Crippen MR) is 106 cm³/mol. The van der Waals surface area contributed by atoms with Gasteiger partial charge in [0.05, 0.1) is 0 Å². The first kappa shape index (κ1) is 20.6. The topological polar surface area (TPSA) is 13.1 Å². The summed E-state index contributed by atoms with van der Waals surface area (Å²) in [5.41, 5.74) is 2.87. The first-order valence-electron chi connectivity index (χ1n) is 6.96. The third-order valence-corrected chi connectivity index (χ3v) is 5.07. The minimum atomic E-state index is 0.193. The fourth-order valence-electron chi connectivity index (χ4n) is 1.76. The number of aromatic nitrogens is 2. The number of rotatable bonds is 2. The average molecular weight is 706 g/mol. The van der Waals surface area contributed by atoms with E-state index in [4.69, 9.17) is 0 Å². The van der Waals surface area contributed by atoms with Crippen molar-refractivity contribution < 1.29 is 19.4 Å². The van der Waals surface area contributed by atoms with Gasteiger partial charge in [-0.2, -0.15) is 1.33 Å². The zero-order chi connectivity index (χ0) is 16.9. The molecule has 0 unspecified atom stereocenters. The van der Waals surface area contributed by atoms with Crippen LogP contribution in [0.4, 0.5) is 0 Å². The second-order valence-electron chi connectivity index (χ2n) is 6.14. The molecule has 0 N–H and O–H groups in total. The van der Waals surface area contributed by atoms with Crippen molar-refractivity contribution in [3.8, 4) is 0 Å². The summed E-state index contributed by atoms with van der Waals surface area (Å²) in [7, 11) is 2.06. The quantitative estimate of drug-likeness (QED) is 0.311. The number of halogens is 2. The summed E-state index contributed by atoms with van der Waals surface area (Å²) in [6.07, 6.45) is 4.19. The molecule has 0 aliphatic rings. The van der Waals surface area contributed by atoms with E-state index in [0.29, 0.717) is 0 Å². The van der Waals surface area contributed by atoms with Crippen LogP contribution in [-0.4, -0.2) is 10.5 Å². The van der Waals surface area contributed by atoms with Gasteiger partial charge in [0.15, 0.2) is 0 Å². The van der Waals surface area contributed by atoms with Crippen LogP contribution in [0.2, 0.25) is 0 Å². The molecule has 0 aliphatic heterocycles. The summed E-state index contributed by atoms with van der Waals surface area (Å²) in [6, 6.07) is 8.62. The molecular weight excluding hydrogens is 683 g/mol. The zero-order valence-electron chi connectivity index (χ0n) is 13.6. The van der Waals surface area contributed by atoms with E-state index in [2.05, 4.69) is 147 Å². The molecule has 2 aromatic rings. The van der Waals surface area contributed by atoms with E-state index in [9.17, 15) is 0 Å². The first-order chi connectivity index (χ1) is 10.1. The van der Waals surface area contributed by atoms with E-state index in [-0.39, 0.29) is 5.54 Å². The Labute approximate surface area is 172 Å². The summed E-state index contributed by atoms with van der Waals surface area (Å²) in [6.45, 7) is 9.72. The van der Waals surface area contributed by atoms with Crippen molar-refractivity contribution in [2.45, 2.75) is 39.8 Å². The molecule has 0 saturated heterocycles. The number of nitrogens with zero attached hydrogens (tertiary/aromatic N) is 3. The van der Waals surface area contributed by atoms with Crippen molar-refractivity contribution >= 4 is 45.7 Å². The van der Waals surface area contributed by atoms with E-state index in [1.807, 2.05) is 0 Å². The van der Waals surface area contributed by atoms with Gasteiger partial charge in [-0.1, -0.05) is 29.8 Å². The van der Waals surface area contributed by atoms with Gasteiger partial charge >= 0.3 is 78.0 Å². The van der Waals surface area contributed by atoms with E-state index in [1.165, 1.54) is 14.9 Å². The molecule has 0 aliphatic carbocycles. The fourth-order valence-corrected chi connectivity index (χ4v) is 3.65. The molecule has 3 nitrogen and oxygen atoms in total. The Kier molecular flexibility index (Phi) is 8.55.